The molecule has 1 aliphatic heterocycles. The molecule has 1 fully saturated rings. The molecule has 1 aromatic carbocycles. The summed E-state index contributed by atoms with van der Waals surface area (Å²) in [6, 6.07) is 6.00. The summed E-state index contributed by atoms with van der Waals surface area (Å²) in [6.45, 7) is 7.92. The first-order valence-electron chi connectivity index (χ1n) is 7.19. The number of hydrogen-bond acceptors (Lipinski definition) is 3. The molecule has 5 heteroatoms. The lowest BCUT2D eigenvalue weighted by Crippen LogP contribution is -2.40. The third-order valence-electron chi connectivity index (χ3n) is 3.67. The number of hydrogen-bond donors (Lipinski definition) is 1. The second kappa shape index (κ2) is 8.20. The van der Waals surface area contributed by atoms with E-state index in [0.29, 0.717) is 5.02 Å². The van der Waals surface area contributed by atoms with Crippen molar-refractivity contribution in [1.29, 1.82) is 0 Å². The fourth-order valence-electron chi connectivity index (χ4n) is 2.48. The van der Waals surface area contributed by atoms with Gasteiger partial charge in [-0.2, -0.15) is 0 Å². The maximum Gasteiger partial charge on any atom is 0.0594 e. The van der Waals surface area contributed by atoms with Crippen molar-refractivity contribution < 1.29 is 4.74 Å². The lowest BCUT2D eigenvalue weighted by atomic mass is 10.0. The molecule has 0 spiro atoms. The zero-order valence-electron chi connectivity index (χ0n) is 11.9. The third kappa shape index (κ3) is 4.61. The molecule has 1 unspecified atom stereocenters. The van der Waals surface area contributed by atoms with Gasteiger partial charge in [0.15, 0.2) is 0 Å². The van der Waals surface area contributed by atoms with Gasteiger partial charge in [-0.1, -0.05) is 36.2 Å². The zero-order valence-corrected chi connectivity index (χ0v) is 13.4. The van der Waals surface area contributed by atoms with Crippen molar-refractivity contribution in [1.82, 2.24) is 10.2 Å². The third-order valence-corrected chi connectivity index (χ3v) is 4.23. The van der Waals surface area contributed by atoms with Gasteiger partial charge in [-0.25, -0.2) is 0 Å². The summed E-state index contributed by atoms with van der Waals surface area (Å²) in [5, 5.41) is 5.00. The van der Waals surface area contributed by atoms with E-state index in [1.807, 2.05) is 18.2 Å². The van der Waals surface area contributed by atoms with Gasteiger partial charge in [0, 0.05) is 42.3 Å². The Morgan fingerprint density at radius 3 is 2.70 bits per heavy atom. The number of rotatable bonds is 6. The minimum Gasteiger partial charge on any atom is -0.379 e. The van der Waals surface area contributed by atoms with Gasteiger partial charge in [0.1, 0.15) is 0 Å². The average molecular weight is 317 g/mol. The fourth-order valence-corrected chi connectivity index (χ4v) is 3.02. The highest BCUT2D eigenvalue weighted by Crippen LogP contribution is 2.27. The molecule has 1 N–H and O–H groups in total. The first-order valence-corrected chi connectivity index (χ1v) is 7.94. The summed E-state index contributed by atoms with van der Waals surface area (Å²) in [5.74, 6) is 0. The second-order valence-corrected chi connectivity index (χ2v) is 5.88. The van der Waals surface area contributed by atoms with Crippen molar-refractivity contribution in [3.8, 4) is 0 Å². The van der Waals surface area contributed by atoms with E-state index in [1.54, 1.807) is 0 Å². The fraction of sp³-hybridized carbons (Fsp3) is 0.600. The van der Waals surface area contributed by atoms with E-state index in [4.69, 9.17) is 27.9 Å². The molecule has 0 amide bonds. The first kappa shape index (κ1) is 16.1. The quantitative estimate of drug-likeness (QED) is 0.871. The molecule has 1 atom stereocenters. The molecule has 112 valence electrons. The highest BCUT2D eigenvalue weighted by molar-refractivity contribution is 6.35. The van der Waals surface area contributed by atoms with Crippen LogP contribution in [0.15, 0.2) is 18.2 Å². The van der Waals surface area contributed by atoms with Gasteiger partial charge in [-0.05, 0) is 24.1 Å². The van der Waals surface area contributed by atoms with Crippen LogP contribution in [0, 0.1) is 0 Å². The van der Waals surface area contributed by atoms with Crippen LogP contribution in [-0.4, -0.2) is 44.3 Å². The Balaban J connectivity index is 1.85. The molecule has 1 aliphatic rings. The number of halogens is 2. The summed E-state index contributed by atoms with van der Waals surface area (Å²) in [5.41, 5.74) is 1.13. The van der Waals surface area contributed by atoms with Gasteiger partial charge < -0.3 is 10.1 Å². The van der Waals surface area contributed by atoms with Crippen molar-refractivity contribution in [2.75, 3.05) is 39.4 Å². The van der Waals surface area contributed by atoms with Gasteiger partial charge in [0.05, 0.1) is 13.2 Å². The Bertz CT molecular complexity index is 422. The Hall–Kier alpha value is -0.320. The van der Waals surface area contributed by atoms with Crippen LogP contribution in [-0.2, 0) is 4.74 Å². The average Bonchev–Trinajstić information content (AvgIpc) is 2.46. The molecule has 0 saturated carbocycles. The lowest BCUT2D eigenvalue weighted by molar-refractivity contribution is 0.0381. The molecule has 20 heavy (non-hydrogen) atoms. The van der Waals surface area contributed by atoms with E-state index in [1.165, 1.54) is 0 Å². The summed E-state index contributed by atoms with van der Waals surface area (Å²) < 4.78 is 5.35. The highest BCUT2D eigenvalue weighted by atomic mass is 35.5. The normalized spacial score (nSPS) is 18.1. The molecule has 0 aliphatic carbocycles. The van der Waals surface area contributed by atoms with E-state index in [0.717, 1.165) is 56.4 Å². The molecule has 0 aromatic heterocycles. The first-order chi connectivity index (χ1) is 9.70. The molecule has 2 rings (SSSR count). The molecule has 1 heterocycles. The molecular weight excluding hydrogens is 295 g/mol. The maximum atomic E-state index is 6.28. The molecular formula is C15H22Cl2N2O. The molecule has 1 saturated heterocycles. The van der Waals surface area contributed by atoms with Crippen molar-refractivity contribution in [2.45, 2.75) is 19.4 Å². The van der Waals surface area contributed by atoms with Crippen molar-refractivity contribution in [3.63, 3.8) is 0 Å². The van der Waals surface area contributed by atoms with Crippen LogP contribution in [0.2, 0.25) is 10.0 Å². The second-order valence-electron chi connectivity index (χ2n) is 5.03. The van der Waals surface area contributed by atoms with Crippen molar-refractivity contribution >= 4 is 23.2 Å². The van der Waals surface area contributed by atoms with E-state index in [-0.39, 0.29) is 6.04 Å². The van der Waals surface area contributed by atoms with Gasteiger partial charge in [0.2, 0.25) is 0 Å². The Kier molecular flexibility index (Phi) is 6.59. The zero-order chi connectivity index (χ0) is 14.4. The number of nitrogens with one attached hydrogen (secondary N) is 1. The molecule has 3 nitrogen and oxygen atoms in total. The van der Waals surface area contributed by atoms with Gasteiger partial charge in [-0.15, -0.1) is 0 Å². The van der Waals surface area contributed by atoms with Crippen LogP contribution in [0.3, 0.4) is 0 Å². The summed E-state index contributed by atoms with van der Waals surface area (Å²) in [6.07, 6.45) is 1.00. The predicted molar refractivity (Wildman–Crippen MR) is 84.8 cm³/mol. The number of ether oxygens (including phenoxy) is 1. The predicted octanol–water partition coefficient (Wildman–Crippen LogP) is 3.37. The smallest absolute Gasteiger partial charge is 0.0594 e. The molecule has 1 aromatic rings. The minimum atomic E-state index is 0.279. The van der Waals surface area contributed by atoms with E-state index >= 15 is 0 Å². The standard InChI is InChI=1S/C15H22Cl2N2O/c1-2-15(13-4-3-12(16)11-14(13)17)18-5-6-19-7-9-20-10-8-19/h3-4,11,15,18H,2,5-10H2,1H3. The largest absolute Gasteiger partial charge is 0.379 e. The van der Waals surface area contributed by atoms with Crippen LogP contribution >= 0.6 is 23.2 Å². The molecule has 0 bridgehead atoms. The Labute approximate surface area is 131 Å². The SMILES string of the molecule is CCC(NCCN1CCOCC1)c1ccc(Cl)cc1Cl. The van der Waals surface area contributed by atoms with Gasteiger partial charge in [-0.3, -0.25) is 4.90 Å². The lowest BCUT2D eigenvalue weighted by Gasteiger charge is -2.27. The van der Waals surface area contributed by atoms with Crippen LogP contribution in [0.25, 0.3) is 0 Å². The number of morpholine rings is 1. The monoisotopic (exact) mass is 316 g/mol. The van der Waals surface area contributed by atoms with Crippen LogP contribution < -0.4 is 5.32 Å². The topological polar surface area (TPSA) is 24.5 Å². The van der Waals surface area contributed by atoms with Crippen LogP contribution in [0.5, 0.6) is 0 Å². The summed E-state index contributed by atoms with van der Waals surface area (Å²) in [4.78, 5) is 2.42. The van der Waals surface area contributed by atoms with Gasteiger partial charge >= 0.3 is 0 Å². The Morgan fingerprint density at radius 1 is 1.30 bits per heavy atom. The minimum absolute atomic E-state index is 0.279. The van der Waals surface area contributed by atoms with Crippen molar-refractivity contribution in [3.05, 3.63) is 33.8 Å². The Morgan fingerprint density at radius 2 is 2.05 bits per heavy atom. The van der Waals surface area contributed by atoms with Crippen LogP contribution in [0.1, 0.15) is 24.9 Å². The molecule has 0 radical (unpaired) electrons. The summed E-state index contributed by atoms with van der Waals surface area (Å²) in [7, 11) is 0. The number of nitrogens with zero attached hydrogens (tertiary/aromatic N) is 1. The van der Waals surface area contributed by atoms with Crippen molar-refractivity contribution in [2.24, 2.45) is 0 Å². The van der Waals surface area contributed by atoms with Crippen LogP contribution in [0.4, 0.5) is 0 Å². The van der Waals surface area contributed by atoms with E-state index in [9.17, 15) is 0 Å². The van der Waals surface area contributed by atoms with Gasteiger partial charge in [0.25, 0.3) is 0 Å². The summed E-state index contributed by atoms with van der Waals surface area (Å²) >= 11 is 12.2. The maximum absolute atomic E-state index is 6.28. The van der Waals surface area contributed by atoms with E-state index < -0.39 is 0 Å². The van der Waals surface area contributed by atoms with E-state index in [2.05, 4.69) is 17.1 Å². The highest BCUT2D eigenvalue weighted by Gasteiger charge is 2.14. The number of benzene rings is 1.